The largest absolute Gasteiger partial charge is 0.465 e. The van der Waals surface area contributed by atoms with Gasteiger partial charge < -0.3 is 9.64 Å². The first kappa shape index (κ1) is 20.0. The molecule has 2 aliphatic heterocycles. The summed E-state index contributed by atoms with van der Waals surface area (Å²) >= 11 is 1.03. The second-order valence-electron chi connectivity index (χ2n) is 6.14. The Balaban J connectivity index is 1.91. The van der Waals surface area contributed by atoms with Gasteiger partial charge in [0.2, 0.25) is 0 Å². The van der Waals surface area contributed by atoms with Gasteiger partial charge in [-0.3, -0.25) is 9.79 Å². The van der Waals surface area contributed by atoms with E-state index in [1.165, 1.54) is 17.0 Å². The second kappa shape index (κ2) is 7.34. The van der Waals surface area contributed by atoms with Crippen molar-refractivity contribution in [2.45, 2.75) is 25.2 Å². The van der Waals surface area contributed by atoms with Gasteiger partial charge in [-0.25, -0.2) is 8.42 Å². The number of rotatable bonds is 4. The molecule has 0 unspecified atom stereocenters. The third-order valence-corrected chi connectivity index (χ3v) is 6.82. The zero-order chi connectivity index (χ0) is 19.8. The third-order valence-electron chi connectivity index (χ3n) is 4.18. The maximum atomic E-state index is 13.1. The number of esters is 1. The fraction of sp³-hybridized carbons (Fsp3) is 0.500. The average molecular weight is 422 g/mol. The van der Waals surface area contributed by atoms with E-state index in [4.69, 9.17) is 4.74 Å². The first-order valence-electron chi connectivity index (χ1n) is 8.14. The van der Waals surface area contributed by atoms with Crippen LogP contribution in [0, 0.1) is 0 Å². The zero-order valence-corrected chi connectivity index (χ0v) is 15.9. The quantitative estimate of drug-likeness (QED) is 0.694. The van der Waals surface area contributed by atoms with Crippen LogP contribution in [-0.2, 0) is 25.5 Å². The number of benzene rings is 1. The van der Waals surface area contributed by atoms with Gasteiger partial charge in [-0.1, -0.05) is 17.8 Å². The molecule has 2 aliphatic rings. The van der Waals surface area contributed by atoms with E-state index < -0.39 is 39.6 Å². The monoisotopic (exact) mass is 422 g/mol. The Bertz CT molecular complexity index is 871. The molecule has 27 heavy (non-hydrogen) atoms. The molecule has 3 rings (SSSR count). The standard InChI is InChI=1S/C16H17F3N2O4S2/c1-2-25-14(22)7-26-15-20-12-8-27(23,24)9-13(12)21(15)11-5-3-4-10(6-11)16(17,18)19/h3-6,12-13H,2,7-9H2,1H3/t12-,13-/m1/s1. The molecular weight excluding hydrogens is 405 g/mol. The average Bonchev–Trinajstić information content (AvgIpc) is 3.03. The normalized spacial score (nSPS) is 23.9. The Morgan fingerprint density at radius 2 is 2.11 bits per heavy atom. The molecule has 11 heteroatoms. The van der Waals surface area contributed by atoms with Gasteiger partial charge in [0.25, 0.3) is 0 Å². The molecule has 0 bridgehead atoms. The molecule has 1 fully saturated rings. The molecule has 6 nitrogen and oxygen atoms in total. The zero-order valence-electron chi connectivity index (χ0n) is 14.3. The first-order chi connectivity index (χ1) is 12.6. The number of thioether (sulfide) groups is 1. The SMILES string of the molecule is CCOC(=O)CSC1=N[C@@H]2CS(=O)(=O)C[C@H]2N1c1cccc(C(F)(F)F)c1. The number of sulfone groups is 1. The van der Waals surface area contributed by atoms with Crippen molar-refractivity contribution in [3.63, 3.8) is 0 Å². The Kier molecular flexibility index (Phi) is 5.44. The highest BCUT2D eigenvalue weighted by Gasteiger charge is 2.47. The summed E-state index contributed by atoms with van der Waals surface area (Å²) in [6.07, 6.45) is -4.52. The fourth-order valence-corrected chi connectivity index (χ4v) is 5.86. The molecule has 1 saturated heterocycles. The predicted octanol–water partition coefficient (Wildman–Crippen LogP) is 2.34. The molecule has 2 heterocycles. The number of anilines is 1. The number of hydrogen-bond acceptors (Lipinski definition) is 7. The molecule has 0 aliphatic carbocycles. The van der Waals surface area contributed by atoms with Gasteiger partial charge >= 0.3 is 12.1 Å². The van der Waals surface area contributed by atoms with E-state index in [2.05, 4.69) is 4.99 Å². The van der Waals surface area contributed by atoms with Crippen LogP contribution in [0.2, 0.25) is 0 Å². The lowest BCUT2D eigenvalue weighted by Gasteiger charge is -2.27. The molecule has 0 amide bonds. The summed E-state index contributed by atoms with van der Waals surface area (Å²) < 4.78 is 68.0. The van der Waals surface area contributed by atoms with Crippen LogP contribution in [0.5, 0.6) is 0 Å². The highest BCUT2D eigenvalue weighted by Crippen LogP contribution is 2.37. The molecule has 2 atom stereocenters. The predicted molar refractivity (Wildman–Crippen MR) is 96.7 cm³/mol. The van der Waals surface area contributed by atoms with Crippen LogP contribution in [0.15, 0.2) is 29.3 Å². The number of carbonyl (C=O) groups excluding carboxylic acids is 1. The van der Waals surface area contributed by atoms with Crippen molar-refractivity contribution in [3.05, 3.63) is 29.8 Å². The van der Waals surface area contributed by atoms with E-state index in [1.807, 2.05) is 0 Å². The number of alkyl halides is 3. The summed E-state index contributed by atoms with van der Waals surface area (Å²) in [4.78, 5) is 17.5. The molecule has 0 saturated carbocycles. The summed E-state index contributed by atoms with van der Waals surface area (Å²) in [5, 5.41) is 0.326. The van der Waals surface area contributed by atoms with Crippen molar-refractivity contribution < 1.29 is 31.1 Å². The highest BCUT2D eigenvalue weighted by atomic mass is 32.2. The Hall–Kier alpha value is -1.75. The topological polar surface area (TPSA) is 76.0 Å². The number of halogens is 3. The maximum Gasteiger partial charge on any atom is 0.416 e. The van der Waals surface area contributed by atoms with Crippen LogP contribution in [0.4, 0.5) is 18.9 Å². The van der Waals surface area contributed by atoms with E-state index >= 15 is 0 Å². The maximum absolute atomic E-state index is 13.1. The Labute approximate surface area is 158 Å². The summed E-state index contributed by atoms with van der Waals surface area (Å²) in [6.45, 7) is 1.88. The van der Waals surface area contributed by atoms with Crippen LogP contribution in [0.1, 0.15) is 12.5 Å². The smallest absolute Gasteiger partial charge is 0.416 e. The molecule has 0 spiro atoms. The minimum absolute atomic E-state index is 0.0612. The fourth-order valence-electron chi connectivity index (χ4n) is 3.09. The van der Waals surface area contributed by atoms with Crippen LogP contribution in [0.25, 0.3) is 0 Å². The van der Waals surface area contributed by atoms with Crippen molar-refractivity contribution >= 4 is 38.4 Å². The van der Waals surface area contributed by atoms with Crippen molar-refractivity contribution in [1.29, 1.82) is 0 Å². The van der Waals surface area contributed by atoms with Crippen LogP contribution < -0.4 is 4.90 Å². The van der Waals surface area contributed by atoms with Crippen LogP contribution >= 0.6 is 11.8 Å². The van der Waals surface area contributed by atoms with Gasteiger partial charge in [0, 0.05) is 5.69 Å². The molecule has 0 aromatic heterocycles. The van der Waals surface area contributed by atoms with Crippen molar-refractivity contribution in [3.8, 4) is 0 Å². The lowest BCUT2D eigenvalue weighted by atomic mass is 10.1. The van der Waals surface area contributed by atoms with E-state index in [1.54, 1.807) is 6.92 Å². The van der Waals surface area contributed by atoms with E-state index in [-0.39, 0.29) is 29.6 Å². The van der Waals surface area contributed by atoms with E-state index in [9.17, 15) is 26.4 Å². The first-order valence-corrected chi connectivity index (χ1v) is 10.9. The second-order valence-corrected chi connectivity index (χ2v) is 9.23. The molecule has 1 aromatic carbocycles. The summed E-state index contributed by atoms with van der Waals surface area (Å²) in [6, 6.07) is 3.52. The Morgan fingerprint density at radius 1 is 1.37 bits per heavy atom. The van der Waals surface area contributed by atoms with Gasteiger partial charge in [0.1, 0.15) is 0 Å². The van der Waals surface area contributed by atoms with Gasteiger partial charge in [-0.05, 0) is 25.1 Å². The minimum Gasteiger partial charge on any atom is -0.465 e. The highest BCUT2D eigenvalue weighted by molar-refractivity contribution is 8.14. The van der Waals surface area contributed by atoms with Crippen molar-refractivity contribution in [1.82, 2.24) is 0 Å². The molecular formula is C16H17F3N2O4S2. The van der Waals surface area contributed by atoms with Crippen molar-refractivity contribution in [2.24, 2.45) is 4.99 Å². The summed E-state index contributed by atoms with van der Waals surface area (Å²) in [7, 11) is -3.32. The van der Waals surface area contributed by atoms with E-state index in [0.717, 1.165) is 23.9 Å². The summed E-state index contributed by atoms with van der Waals surface area (Å²) in [5.41, 5.74) is -0.636. The number of fused-ring (bicyclic) bond motifs is 1. The Morgan fingerprint density at radius 3 is 2.78 bits per heavy atom. The number of aliphatic imine (C=N–C) groups is 1. The van der Waals surface area contributed by atoms with Gasteiger partial charge in [0.05, 0.1) is 41.5 Å². The molecule has 148 valence electrons. The number of nitrogens with zero attached hydrogens (tertiary/aromatic N) is 2. The number of carbonyl (C=O) groups is 1. The van der Waals surface area contributed by atoms with Crippen LogP contribution in [0.3, 0.4) is 0 Å². The third kappa shape index (κ3) is 4.40. The molecule has 1 aromatic rings. The van der Waals surface area contributed by atoms with Crippen molar-refractivity contribution in [2.75, 3.05) is 28.8 Å². The van der Waals surface area contributed by atoms with Gasteiger partial charge in [-0.2, -0.15) is 13.2 Å². The minimum atomic E-state index is -4.52. The number of amidine groups is 1. The molecule has 0 radical (unpaired) electrons. The van der Waals surface area contributed by atoms with Gasteiger partial charge in [-0.15, -0.1) is 0 Å². The number of hydrogen-bond donors (Lipinski definition) is 0. The number of ether oxygens (including phenoxy) is 1. The lowest BCUT2D eigenvalue weighted by Crippen LogP contribution is -2.39. The molecule has 0 N–H and O–H groups in total. The lowest BCUT2D eigenvalue weighted by molar-refractivity contribution is -0.140. The van der Waals surface area contributed by atoms with Crippen LogP contribution in [-0.4, -0.2) is 55.5 Å². The van der Waals surface area contributed by atoms with Gasteiger partial charge in [0.15, 0.2) is 15.0 Å². The van der Waals surface area contributed by atoms with E-state index in [0.29, 0.717) is 5.17 Å². The summed E-state index contributed by atoms with van der Waals surface area (Å²) in [5.74, 6) is -0.884.